The van der Waals surface area contributed by atoms with Crippen LogP contribution in [-0.2, 0) is 9.53 Å². The molecule has 96 valence electrons. The highest BCUT2D eigenvalue weighted by Crippen LogP contribution is 1.95. The van der Waals surface area contributed by atoms with Gasteiger partial charge in [-0.3, -0.25) is 4.79 Å². The molecule has 6 heteroatoms. The average Bonchev–Trinajstić information content (AvgIpc) is 2.19. The van der Waals surface area contributed by atoms with Crippen LogP contribution in [0.1, 0.15) is 26.2 Å². The lowest BCUT2D eigenvalue weighted by Crippen LogP contribution is -2.26. The van der Waals surface area contributed by atoms with Gasteiger partial charge in [-0.25, -0.2) is 8.78 Å². The number of aliphatic hydroxyl groups excluding tert-OH is 1. The number of carbonyl (C=O) groups excluding carboxylic acids is 1. The Labute approximate surface area is 94.0 Å². The predicted octanol–water partition coefficient (Wildman–Crippen LogP) is 0.935. The Balaban J connectivity index is 3.25. The van der Waals surface area contributed by atoms with Crippen LogP contribution in [0.4, 0.5) is 8.78 Å². The molecule has 0 aliphatic carbocycles. The molecule has 0 heterocycles. The highest BCUT2D eigenvalue weighted by atomic mass is 19.3. The van der Waals surface area contributed by atoms with E-state index in [-0.39, 0.29) is 25.0 Å². The number of aliphatic hydroxyl groups is 1. The number of hydrogen-bond donors (Lipinski definition) is 2. The predicted molar refractivity (Wildman–Crippen MR) is 55.4 cm³/mol. The van der Waals surface area contributed by atoms with E-state index in [1.165, 1.54) is 0 Å². The number of rotatable bonds is 9. The first kappa shape index (κ1) is 15.2. The van der Waals surface area contributed by atoms with Gasteiger partial charge in [0, 0.05) is 13.0 Å². The number of nitrogens with one attached hydrogen (secondary N) is 1. The summed E-state index contributed by atoms with van der Waals surface area (Å²) >= 11 is 0. The van der Waals surface area contributed by atoms with Crippen molar-refractivity contribution in [1.29, 1.82) is 0 Å². The molecule has 0 aromatic rings. The van der Waals surface area contributed by atoms with E-state index in [4.69, 9.17) is 5.11 Å². The Morgan fingerprint density at radius 2 is 2.19 bits per heavy atom. The number of halogens is 2. The Morgan fingerprint density at radius 3 is 2.75 bits per heavy atom. The second-order valence-corrected chi connectivity index (χ2v) is 3.56. The molecule has 0 bridgehead atoms. The minimum absolute atomic E-state index is 0.00652. The van der Waals surface area contributed by atoms with Crippen molar-refractivity contribution in [1.82, 2.24) is 5.32 Å². The van der Waals surface area contributed by atoms with E-state index >= 15 is 0 Å². The van der Waals surface area contributed by atoms with Crippen LogP contribution in [0.3, 0.4) is 0 Å². The van der Waals surface area contributed by atoms with Crippen molar-refractivity contribution in [3.8, 4) is 0 Å². The SMILES string of the molecule is CC(O)CCCNC(=O)CCOCC(F)F. The van der Waals surface area contributed by atoms with Crippen molar-refractivity contribution in [3.63, 3.8) is 0 Å². The fourth-order valence-electron chi connectivity index (χ4n) is 1.05. The smallest absolute Gasteiger partial charge is 0.261 e. The number of ether oxygens (including phenoxy) is 1. The van der Waals surface area contributed by atoms with E-state index in [1.54, 1.807) is 6.92 Å². The van der Waals surface area contributed by atoms with Gasteiger partial charge in [0.05, 0.1) is 12.7 Å². The second kappa shape index (κ2) is 9.47. The summed E-state index contributed by atoms with van der Waals surface area (Å²) in [6.45, 7) is 1.54. The molecule has 2 N–H and O–H groups in total. The minimum atomic E-state index is -2.49. The topological polar surface area (TPSA) is 58.6 Å². The molecule has 16 heavy (non-hydrogen) atoms. The molecule has 0 fully saturated rings. The van der Waals surface area contributed by atoms with Crippen molar-refractivity contribution in [2.24, 2.45) is 0 Å². The third-order valence-corrected chi connectivity index (χ3v) is 1.84. The maximum atomic E-state index is 11.6. The first-order chi connectivity index (χ1) is 7.52. The maximum Gasteiger partial charge on any atom is 0.261 e. The van der Waals surface area contributed by atoms with Gasteiger partial charge in [0.25, 0.3) is 6.43 Å². The third-order valence-electron chi connectivity index (χ3n) is 1.84. The van der Waals surface area contributed by atoms with Crippen LogP contribution in [0.2, 0.25) is 0 Å². The van der Waals surface area contributed by atoms with Gasteiger partial charge in [0.15, 0.2) is 0 Å². The molecular weight excluding hydrogens is 220 g/mol. The zero-order valence-corrected chi connectivity index (χ0v) is 9.42. The summed E-state index contributed by atoms with van der Waals surface area (Å²) < 4.78 is 27.8. The van der Waals surface area contributed by atoms with E-state index in [9.17, 15) is 13.6 Å². The van der Waals surface area contributed by atoms with Gasteiger partial charge in [-0.1, -0.05) is 0 Å². The van der Waals surface area contributed by atoms with Gasteiger partial charge >= 0.3 is 0 Å². The lowest BCUT2D eigenvalue weighted by molar-refractivity contribution is -0.122. The van der Waals surface area contributed by atoms with E-state index < -0.39 is 13.0 Å². The van der Waals surface area contributed by atoms with Gasteiger partial charge < -0.3 is 15.2 Å². The van der Waals surface area contributed by atoms with Crippen LogP contribution in [-0.4, -0.2) is 43.3 Å². The largest absolute Gasteiger partial charge is 0.393 e. The summed E-state index contributed by atoms with van der Waals surface area (Å²) in [5, 5.41) is 11.5. The van der Waals surface area contributed by atoms with Crippen LogP contribution in [0.25, 0.3) is 0 Å². The minimum Gasteiger partial charge on any atom is -0.393 e. The highest BCUT2D eigenvalue weighted by molar-refractivity contribution is 5.75. The van der Waals surface area contributed by atoms with Gasteiger partial charge in [-0.2, -0.15) is 0 Å². The van der Waals surface area contributed by atoms with Crippen LogP contribution >= 0.6 is 0 Å². The molecule has 4 nitrogen and oxygen atoms in total. The fourth-order valence-corrected chi connectivity index (χ4v) is 1.05. The summed E-state index contributed by atoms with van der Waals surface area (Å²) in [6, 6.07) is 0. The molecule has 1 amide bonds. The number of carbonyl (C=O) groups is 1. The molecule has 1 atom stereocenters. The van der Waals surface area contributed by atoms with Crippen LogP contribution in [0.5, 0.6) is 0 Å². The second-order valence-electron chi connectivity index (χ2n) is 3.56. The Hall–Kier alpha value is -0.750. The molecule has 0 aromatic carbocycles. The van der Waals surface area contributed by atoms with E-state index in [0.29, 0.717) is 19.4 Å². The molecule has 0 radical (unpaired) electrons. The summed E-state index contributed by atoms with van der Waals surface area (Å²) in [7, 11) is 0. The zero-order valence-electron chi connectivity index (χ0n) is 9.42. The molecule has 0 rings (SSSR count). The van der Waals surface area contributed by atoms with E-state index in [0.717, 1.165) is 0 Å². The van der Waals surface area contributed by atoms with E-state index in [2.05, 4.69) is 10.1 Å². The van der Waals surface area contributed by atoms with Gasteiger partial charge in [0.1, 0.15) is 6.61 Å². The molecule has 0 spiro atoms. The summed E-state index contributed by atoms with van der Waals surface area (Å²) in [5.74, 6) is -0.222. The number of alkyl halides is 2. The van der Waals surface area contributed by atoms with Gasteiger partial charge in [-0.15, -0.1) is 0 Å². The molecule has 0 aromatic heterocycles. The lowest BCUT2D eigenvalue weighted by Gasteiger charge is -2.06. The maximum absolute atomic E-state index is 11.6. The van der Waals surface area contributed by atoms with Crippen LogP contribution in [0.15, 0.2) is 0 Å². The molecular formula is C10H19F2NO3. The lowest BCUT2D eigenvalue weighted by atomic mass is 10.2. The molecule has 0 aliphatic rings. The normalized spacial score (nSPS) is 12.8. The monoisotopic (exact) mass is 239 g/mol. The average molecular weight is 239 g/mol. The first-order valence-corrected chi connectivity index (χ1v) is 5.33. The number of hydrogen-bond acceptors (Lipinski definition) is 3. The fraction of sp³-hybridized carbons (Fsp3) is 0.900. The van der Waals surface area contributed by atoms with Crippen molar-refractivity contribution in [3.05, 3.63) is 0 Å². The summed E-state index contributed by atoms with van der Waals surface area (Å²) in [4.78, 5) is 11.1. The molecule has 0 aliphatic heterocycles. The summed E-state index contributed by atoms with van der Waals surface area (Å²) in [5.41, 5.74) is 0. The Kier molecular flexibility index (Phi) is 9.03. The van der Waals surface area contributed by atoms with Crippen molar-refractivity contribution in [2.45, 2.75) is 38.7 Å². The Bertz CT molecular complexity index is 171. The van der Waals surface area contributed by atoms with Crippen LogP contribution < -0.4 is 5.32 Å². The van der Waals surface area contributed by atoms with Crippen molar-refractivity contribution >= 4 is 5.91 Å². The molecule has 0 saturated carbocycles. The zero-order chi connectivity index (χ0) is 12.4. The van der Waals surface area contributed by atoms with Crippen LogP contribution in [0, 0.1) is 0 Å². The van der Waals surface area contributed by atoms with Crippen molar-refractivity contribution < 1.29 is 23.4 Å². The molecule has 1 unspecified atom stereocenters. The Morgan fingerprint density at radius 1 is 1.50 bits per heavy atom. The first-order valence-electron chi connectivity index (χ1n) is 5.33. The molecule has 0 saturated heterocycles. The standard InChI is InChI=1S/C10H19F2NO3/c1-8(14)3-2-5-13-10(15)4-6-16-7-9(11)12/h8-9,14H,2-7H2,1H3,(H,13,15). The van der Waals surface area contributed by atoms with Gasteiger partial charge in [-0.05, 0) is 19.8 Å². The third kappa shape index (κ3) is 11.3. The highest BCUT2D eigenvalue weighted by Gasteiger charge is 2.04. The van der Waals surface area contributed by atoms with Crippen molar-refractivity contribution in [2.75, 3.05) is 19.8 Å². The van der Waals surface area contributed by atoms with Gasteiger partial charge in [0.2, 0.25) is 5.91 Å². The van der Waals surface area contributed by atoms with E-state index in [1.807, 2.05) is 0 Å². The quantitative estimate of drug-likeness (QED) is 0.589. The summed E-state index contributed by atoms with van der Waals surface area (Å²) in [6.07, 6.45) is -1.45. The number of amides is 1.